The molecule has 1 heterocycles. The van der Waals surface area contributed by atoms with Gasteiger partial charge in [-0.1, -0.05) is 11.6 Å². The number of nitrogens with zero attached hydrogens (tertiary/aromatic N) is 3. The zero-order chi connectivity index (χ0) is 21.3. The molecule has 1 aliphatic rings. The molecule has 0 spiro atoms. The molecule has 2 aromatic rings. The summed E-state index contributed by atoms with van der Waals surface area (Å²) in [4.78, 5) is 38.4. The van der Waals surface area contributed by atoms with Crippen LogP contribution in [0, 0.1) is 28.7 Å². The Bertz CT molecular complexity index is 1010. The van der Waals surface area contributed by atoms with Gasteiger partial charge in [-0.05, 0) is 31.2 Å². The van der Waals surface area contributed by atoms with Crippen LogP contribution < -0.4 is 0 Å². The number of rotatable bonds is 3. The van der Waals surface area contributed by atoms with Gasteiger partial charge >= 0.3 is 0 Å². The third kappa shape index (κ3) is 4.19. The van der Waals surface area contributed by atoms with E-state index < -0.39 is 28.2 Å². The predicted octanol–water partition coefficient (Wildman–Crippen LogP) is 3.43. The summed E-state index contributed by atoms with van der Waals surface area (Å²) in [5, 5.41) is 11.1. The summed E-state index contributed by atoms with van der Waals surface area (Å²) >= 11 is 5.93. The Balaban J connectivity index is 1.71. The van der Waals surface area contributed by atoms with Gasteiger partial charge in [0.25, 0.3) is 17.5 Å². The number of hydrogen-bond donors (Lipinski definition) is 0. The van der Waals surface area contributed by atoms with E-state index in [4.69, 9.17) is 11.6 Å². The van der Waals surface area contributed by atoms with Gasteiger partial charge in [0, 0.05) is 37.8 Å². The van der Waals surface area contributed by atoms with Gasteiger partial charge in [-0.25, -0.2) is 8.78 Å². The van der Waals surface area contributed by atoms with Crippen LogP contribution in [0.3, 0.4) is 0 Å². The van der Waals surface area contributed by atoms with Crippen molar-refractivity contribution in [2.75, 3.05) is 26.2 Å². The number of benzene rings is 2. The van der Waals surface area contributed by atoms with Gasteiger partial charge in [0.05, 0.1) is 21.1 Å². The number of carbonyl (C=O) groups excluding carboxylic acids is 2. The molecular formula is C19H16ClF2N3O4. The van der Waals surface area contributed by atoms with Crippen LogP contribution in [0.2, 0.25) is 5.02 Å². The fourth-order valence-electron chi connectivity index (χ4n) is 3.11. The van der Waals surface area contributed by atoms with Crippen LogP contribution in [-0.2, 0) is 0 Å². The number of piperazine rings is 1. The second-order valence-corrected chi connectivity index (χ2v) is 6.98. The van der Waals surface area contributed by atoms with Gasteiger partial charge in [0.15, 0.2) is 0 Å². The highest BCUT2D eigenvalue weighted by Crippen LogP contribution is 2.24. The number of nitro benzene ring substituents is 1. The van der Waals surface area contributed by atoms with Crippen LogP contribution >= 0.6 is 11.6 Å². The highest BCUT2D eigenvalue weighted by Gasteiger charge is 2.28. The average Bonchev–Trinajstić information content (AvgIpc) is 2.69. The number of amides is 2. The summed E-state index contributed by atoms with van der Waals surface area (Å²) in [5.74, 6) is -2.33. The van der Waals surface area contributed by atoms with Crippen LogP contribution in [0.1, 0.15) is 26.3 Å². The van der Waals surface area contributed by atoms with Gasteiger partial charge in [0.1, 0.15) is 11.6 Å². The van der Waals surface area contributed by atoms with Gasteiger partial charge in [-0.2, -0.15) is 0 Å². The lowest BCUT2D eigenvalue weighted by molar-refractivity contribution is -0.385. The molecule has 3 rings (SSSR count). The van der Waals surface area contributed by atoms with Gasteiger partial charge in [-0.15, -0.1) is 0 Å². The number of halogens is 3. The smallest absolute Gasteiger partial charge is 0.276 e. The zero-order valence-electron chi connectivity index (χ0n) is 15.3. The van der Waals surface area contributed by atoms with E-state index in [1.165, 1.54) is 22.8 Å². The molecular weight excluding hydrogens is 408 g/mol. The SMILES string of the molecule is Cc1c(F)cc(C(=O)N2CCN(C(=O)c3ccc(F)cc3Cl)CC2)cc1[N+](=O)[O-]. The van der Waals surface area contributed by atoms with E-state index in [-0.39, 0.29) is 53.8 Å². The maximum absolute atomic E-state index is 14.0. The minimum Gasteiger partial charge on any atom is -0.335 e. The zero-order valence-corrected chi connectivity index (χ0v) is 16.1. The lowest BCUT2D eigenvalue weighted by atomic mass is 10.1. The molecule has 10 heteroatoms. The second kappa shape index (κ2) is 8.12. The van der Waals surface area contributed by atoms with Crippen molar-refractivity contribution in [3.63, 3.8) is 0 Å². The Hall–Kier alpha value is -3.07. The Morgan fingerprint density at radius 2 is 1.62 bits per heavy atom. The van der Waals surface area contributed by atoms with Crippen molar-refractivity contribution < 1.29 is 23.3 Å². The maximum atomic E-state index is 14.0. The molecule has 0 atom stereocenters. The van der Waals surface area contributed by atoms with Gasteiger partial charge in [0.2, 0.25) is 0 Å². The molecule has 1 saturated heterocycles. The Morgan fingerprint density at radius 3 is 2.17 bits per heavy atom. The molecule has 29 heavy (non-hydrogen) atoms. The van der Waals surface area contributed by atoms with E-state index in [9.17, 15) is 28.5 Å². The van der Waals surface area contributed by atoms with E-state index in [1.54, 1.807) is 0 Å². The van der Waals surface area contributed by atoms with Crippen molar-refractivity contribution in [1.82, 2.24) is 9.80 Å². The summed E-state index contributed by atoms with van der Waals surface area (Å²) in [5.41, 5.74) is -0.573. The van der Waals surface area contributed by atoms with E-state index in [0.717, 1.165) is 24.3 Å². The third-order valence-electron chi connectivity index (χ3n) is 4.78. The first-order chi connectivity index (χ1) is 13.7. The standard InChI is InChI=1S/C19H16ClF2N3O4/c1-11-16(22)8-12(9-17(11)25(28)29)18(26)23-4-6-24(7-5-23)19(27)14-3-2-13(21)10-15(14)20/h2-3,8-10H,4-7H2,1H3. The van der Waals surface area contributed by atoms with Crippen LogP contribution in [0.5, 0.6) is 0 Å². The Kier molecular flexibility index (Phi) is 5.78. The molecule has 0 aromatic heterocycles. The van der Waals surface area contributed by atoms with Crippen molar-refractivity contribution in [2.45, 2.75) is 6.92 Å². The van der Waals surface area contributed by atoms with Crippen LogP contribution in [-0.4, -0.2) is 52.7 Å². The Labute approximate surface area is 169 Å². The van der Waals surface area contributed by atoms with E-state index >= 15 is 0 Å². The van der Waals surface area contributed by atoms with Crippen LogP contribution in [0.15, 0.2) is 30.3 Å². The highest BCUT2D eigenvalue weighted by atomic mass is 35.5. The molecule has 0 saturated carbocycles. The monoisotopic (exact) mass is 423 g/mol. The molecule has 0 N–H and O–H groups in total. The molecule has 0 aliphatic carbocycles. The highest BCUT2D eigenvalue weighted by molar-refractivity contribution is 6.33. The van der Waals surface area contributed by atoms with Crippen molar-refractivity contribution in [1.29, 1.82) is 0 Å². The molecule has 0 unspecified atom stereocenters. The summed E-state index contributed by atoms with van der Waals surface area (Å²) in [7, 11) is 0. The molecule has 0 bridgehead atoms. The fourth-order valence-corrected chi connectivity index (χ4v) is 3.35. The summed E-state index contributed by atoms with van der Waals surface area (Å²) < 4.78 is 27.1. The van der Waals surface area contributed by atoms with E-state index in [0.29, 0.717) is 0 Å². The Morgan fingerprint density at radius 1 is 1.03 bits per heavy atom. The van der Waals surface area contributed by atoms with Crippen LogP contribution in [0.4, 0.5) is 14.5 Å². The van der Waals surface area contributed by atoms with Crippen molar-refractivity contribution in [3.05, 3.63) is 73.8 Å². The molecule has 2 aromatic carbocycles. The van der Waals surface area contributed by atoms with Crippen molar-refractivity contribution >= 4 is 29.1 Å². The fraction of sp³-hybridized carbons (Fsp3) is 0.263. The van der Waals surface area contributed by atoms with Crippen LogP contribution in [0.25, 0.3) is 0 Å². The molecule has 2 amide bonds. The van der Waals surface area contributed by atoms with Crippen molar-refractivity contribution in [2.24, 2.45) is 0 Å². The number of nitro groups is 1. The molecule has 7 nitrogen and oxygen atoms in total. The molecule has 1 fully saturated rings. The average molecular weight is 424 g/mol. The number of hydrogen-bond acceptors (Lipinski definition) is 4. The summed E-state index contributed by atoms with van der Waals surface area (Å²) in [6, 6.07) is 5.51. The lowest BCUT2D eigenvalue weighted by Crippen LogP contribution is -2.50. The predicted molar refractivity (Wildman–Crippen MR) is 101 cm³/mol. The largest absolute Gasteiger partial charge is 0.335 e. The van der Waals surface area contributed by atoms with Gasteiger partial charge < -0.3 is 9.80 Å². The minimum absolute atomic E-state index is 0.00375. The van der Waals surface area contributed by atoms with E-state index in [1.807, 2.05) is 0 Å². The summed E-state index contributed by atoms with van der Waals surface area (Å²) in [6.07, 6.45) is 0. The first-order valence-electron chi connectivity index (χ1n) is 8.67. The topological polar surface area (TPSA) is 83.8 Å². The summed E-state index contributed by atoms with van der Waals surface area (Å²) in [6.45, 7) is 1.97. The second-order valence-electron chi connectivity index (χ2n) is 6.57. The van der Waals surface area contributed by atoms with E-state index in [2.05, 4.69) is 0 Å². The lowest BCUT2D eigenvalue weighted by Gasteiger charge is -2.35. The van der Waals surface area contributed by atoms with Crippen molar-refractivity contribution in [3.8, 4) is 0 Å². The first-order valence-corrected chi connectivity index (χ1v) is 9.05. The quantitative estimate of drug-likeness (QED) is 0.559. The van der Waals surface area contributed by atoms with Gasteiger partial charge in [-0.3, -0.25) is 19.7 Å². The molecule has 152 valence electrons. The third-order valence-corrected chi connectivity index (χ3v) is 5.09. The number of carbonyl (C=O) groups is 2. The maximum Gasteiger partial charge on any atom is 0.276 e. The minimum atomic E-state index is -0.831. The normalized spacial score (nSPS) is 14.1. The first kappa shape index (κ1) is 20.7. The molecule has 1 aliphatic heterocycles. The molecule has 0 radical (unpaired) electrons.